The van der Waals surface area contributed by atoms with Gasteiger partial charge in [0.25, 0.3) is 0 Å². The molecule has 0 fully saturated rings. The molecule has 0 unspecified atom stereocenters. The lowest BCUT2D eigenvalue weighted by molar-refractivity contribution is -0.120. The van der Waals surface area contributed by atoms with Gasteiger partial charge in [-0.2, -0.15) is 0 Å². The summed E-state index contributed by atoms with van der Waals surface area (Å²) in [6.45, 7) is 2.34. The summed E-state index contributed by atoms with van der Waals surface area (Å²) in [5.41, 5.74) is 1.88. The Bertz CT molecular complexity index is 709. The minimum absolute atomic E-state index is 0.0460. The van der Waals surface area contributed by atoms with Crippen molar-refractivity contribution in [3.05, 3.63) is 43.3 Å². The molecular weight excluding hydrogens is 328 g/mol. The van der Waals surface area contributed by atoms with Crippen LogP contribution in [-0.4, -0.2) is 18.0 Å². The molecule has 1 aromatic heterocycles. The van der Waals surface area contributed by atoms with Crippen LogP contribution in [0.2, 0.25) is 5.02 Å². The normalized spacial score (nSPS) is 10.4. The number of carbonyl (C=O) groups excluding carboxylic acids is 1. The minimum Gasteiger partial charge on any atom is -0.495 e. The fourth-order valence-electron chi connectivity index (χ4n) is 1.83. The van der Waals surface area contributed by atoms with Crippen LogP contribution in [0.3, 0.4) is 0 Å². The van der Waals surface area contributed by atoms with Crippen molar-refractivity contribution in [2.24, 2.45) is 0 Å². The van der Waals surface area contributed by atoms with E-state index in [1.807, 2.05) is 13.0 Å². The van der Waals surface area contributed by atoms with Crippen molar-refractivity contribution >= 4 is 41.1 Å². The number of halogens is 1. The SMILES string of the molecule is COc1ccc(CNC(=O)Cc2sc(=S)[nH]c2C)cc1Cl. The summed E-state index contributed by atoms with van der Waals surface area (Å²) in [6.07, 6.45) is 0.327. The fraction of sp³-hybridized carbons (Fsp3) is 0.286. The van der Waals surface area contributed by atoms with Crippen LogP contribution >= 0.6 is 35.2 Å². The summed E-state index contributed by atoms with van der Waals surface area (Å²) in [6, 6.07) is 5.44. The van der Waals surface area contributed by atoms with E-state index in [0.717, 1.165) is 16.1 Å². The van der Waals surface area contributed by atoms with E-state index in [4.69, 9.17) is 28.6 Å². The molecule has 112 valence electrons. The number of methoxy groups -OCH3 is 1. The third-order valence-electron chi connectivity index (χ3n) is 2.95. The highest BCUT2D eigenvalue weighted by molar-refractivity contribution is 7.73. The van der Waals surface area contributed by atoms with Gasteiger partial charge in [0.15, 0.2) is 3.95 Å². The standard InChI is InChI=1S/C14H15ClN2O2S2/c1-8-12(21-14(20)17-8)6-13(18)16-7-9-3-4-11(19-2)10(15)5-9/h3-5H,6-7H2,1-2H3,(H,16,18)(H,17,20). The molecule has 0 saturated heterocycles. The van der Waals surface area contributed by atoms with E-state index < -0.39 is 0 Å². The number of thiazole rings is 1. The molecule has 4 nitrogen and oxygen atoms in total. The summed E-state index contributed by atoms with van der Waals surface area (Å²) in [5.74, 6) is 0.574. The summed E-state index contributed by atoms with van der Waals surface area (Å²) >= 11 is 12.5. The van der Waals surface area contributed by atoms with Crippen LogP contribution in [0.4, 0.5) is 0 Å². The number of rotatable bonds is 5. The summed E-state index contributed by atoms with van der Waals surface area (Å²) < 4.78 is 5.78. The highest BCUT2D eigenvalue weighted by Crippen LogP contribution is 2.24. The number of carbonyl (C=O) groups is 1. The number of nitrogens with one attached hydrogen (secondary N) is 2. The van der Waals surface area contributed by atoms with Crippen LogP contribution in [0.5, 0.6) is 5.75 Å². The molecule has 1 heterocycles. The third kappa shape index (κ3) is 4.30. The number of hydrogen-bond acceptors (Lipinski definition) is 4. The number of H-pyrrole nitrogens is 1. The molecule has 0 spiro atoms. The first-order valence-corrected chi connectivity index (χ1v) is 7.87. The molecule has 0 aliphatic rings. The lowest BCUT2D eigenvalue weighted by Crippen LogP contribution is -2.24. The molecule has 2 aromatic rings. The Kier molecular flexibility index (Phi) is 5.39. The van der Waals surface area contributed by atoms with E-state index in [0.29, 0.717) is 27.7 Å². The molecule has 0 radical (unpaired) electrons. The van der Waals surface area contributed by atoms with Gasteiger partial charge in [0.05, 0.1) is 18.6 Å². The van der Waals surface area contributed by atoms with E-state index in [-0.39, 0.29) is 5.91 Å². The van der Waals surface area contributed by atoms with Gasteiger partial charge >= 0.3 is 0 Å². The van der Waals surface area contributed by atoms with Gasteiger partial charge < -0.3 is 15.0 Å². The number of ether oxygens (including phenoxy) is 1. The predicted octanol–water partition coefficient (Wildman–Crippen LogP) is 3.64. The Balaban J connectivity index is 1.93. The van der Waals surface area contributed by atoms with Crippen molar-refractivity contribution in [1.82, 2.24) is 10.3 Å². The average Bonchev–Trinajstić information content (AvgIpc) is 2.74. The topological polar surface area (TPSA) is 54.1 Å². The monoisotopic (exact) mass is 342 g/mol. The number of hydrogen-bond donors (Lipinski definition) is 2. The van der Waals surface area contributed by atoms with Gasteiger partial charge in [-0.1, -0.05) is 17.7 Å². The van der Waals surface area contributed by atoms with Crippen molar-refractivity contribution in [2.75, 3.05) is 7.11 Å². The lowest BCUT2D eigenvalue weighted by atomic mass is 10.2. The fourth-order valence-corrected chi connectivity index (χ4v) is 3.40. The van der Waals surface area contributed by atoms with E-state index >= 15 is 0 Å². The van der Waals surface area contributed by atoms with E-state index in [2.05, 4.69) is 10.3 Å². The first-order valence-electron chi connectivity index (χ1n) is 6.27. The number of aromatic amines is 1. The number of benzene rings is 1. The highest BCUT2D eigenvalue weighted by Gasteiger charge is 2.09. The summed E-state index contributed by atoms with van der Waals surface area (Å²) in [7, 11) is 1.57. The molecule has 0 bridgehead atoms. The minimum atomic E-state index is -0.0460. The number of aryl methyl sites for hydroxylation is 1. The van der Waals surface area contributed by atoms with Crippen molar-refractivity contribution < 1.29 is 9.53 Å². The van der Waals surface area contributed by atoms with Crippen molar-refractivity contribution in [3.8, 4) is 5.75 Å². The van der Waals surface area contributed by atoms with Crippen LogP contribution in [0, 0.1) is 10.9 Å². The molecule has 1 aromatic carbocycles. The molecule has 0 saturated carbocycles. The maximum absolute atomic E-state index is 11.9. The Hall–Kier alpha value is -1.37. The lowest BCUT2D eigenvalue weighted by Gasteiger charge is -2.07. The third-order valence-corrected chi connectivity index (χ3v) is 4.58. The molecule has 2 rings (SSSR count). The van der Waals surface area contributed by atoms with Crippen LogP contribution in [-0.2, 0) is 17.8 Å². The molecule has 21 heavy (non-hydrogen) atoms. The number of aromatic nitrogens is 1. The van der Waals surface area contributed by atoms with Gasteiger partial charge in [-0.15, -0.1) is 11.3 Å². The van der Waals surface area contributed by atoms with Crippen LogP contribution in [0.1, 0.15) is 16.1 Å². The van der Waals surface area contributed by atoms with E-state index in [9.17, 15) is 4.79 Å². The molecule has 0 atom stereocenters. The molecule has 0 aliphatic carbocycles. The first kappa shape index (κ1) is 16.0. The van der Waals surface area contributed by atoms with Gasteiger partial charge in [-0.05, 0) is 36.8 Å². The van der Waals surface area contributed by atoms with Crippen molar-refractivity contribution in [1.29, 1.82) is 0 Å². The Morgan fingerprint density at radius 3 is 2.86 bits per heavy atom. The predicted molar refractivity (Wildman–Crippen MR) is 87.8 cm³/mol. The second-order valence-corrected chi connectivity index (χ2v) is 6.66. The smallest absolute Gasteiger partial charge is 0.225 e. The van der Waals surface area contributed by atoms with Gasteiger partial charge in [0.1, 0.15) is 5.75 Å². The van der Waals surface area contributed by atoms with Gasteiger partial charge in [-0.3, -0.25) is 4.79 Å². The zero-order valence-electron chi connectivity index (χ0n) is 11.7. The first-order chi connectivity index (χ1) is 9.99. The maximum atomic E-state index is 11.9. The molecule has 0 aliphatic heterocycles. The Morgan fingerprint density at radius 1 is 1.52 bits per heavy atom. The zero-order valence-corrected chi connectivity index (χ0v) is 14.0. The molecule has 2 N–H and O–H groups in total. The van der Waals surface area contributed by atoms with E-state index in [1.165, 1.54) is 11.3 Å². The van der Waals surface area contributed by atoms with Crippen molar-refractivity contribution in [2.45, 2.75) is 19.9 Å². The van der Waals surface area contributed by atoms with Gasteiger partial charge in [0, 0.05) is 17.1 Å². The quantitative estimate of drug-likeness (QED) is 0.816. The Labute approximate surface area is 137 Å². The molecule has 1 amide bonds. The highest BCUT2D eigenvalue weighted by atomic mass is 35.5. The molecule has 7 heteroatoms. The summed E-state index contributed by atoms with van der Waals surface area (Å²) in [4.78, 5) is 15.9. The van der Waals surface area contributed by atoms with Crippen LogP contribution in [0.15, 0.2) is 18.2 Å². The summed E-state index contributed by atoms with van der Waals surface area (Å²) in [5, 5.41) is 3.40. The maximum Gasteiger partial charge on any atom is 0.225 e. The molecular formula is C14H15ClN2O2S2. The number of amides is 1. The second-order valence-electron chi connectivity index (χ2n) is 4.49. The van der Waals surface area contributed by atoms with Crippen LogP contribution < -0.4 is 10.1 Å². The second kappa shape index (κ2) is 7.06. The van der Waals surface area contributed by atoms with Gasteiger partial charge in [-0.25, -0.2) is 0 Å². The van der Waals surface area contributed by atoms with E-state index in [1.54, 1.807) is 19.2 Å². The van der Waals surface area contributed by atoms with Gasteiger partial charge in [0.2, 0.25) is 5.91 Å². The average molecular weight is 343 g/mol. The van der Waals surface area contributed by atoms with Crippen LogP contribution in [0.25, 0.3) is 0 Å². The Morgan fingerprint density at radius 2 is 2.29 bits per heavy atom. The zero-order chi connectivity index (χ0) is 15.4. The largest absolute Gasteiger partial charge is 0.495 e. The van der Waals surface area contributed by atoms with Crippen molar-refractivity contribution in [3.63, 3.8) is 0 Å².